The Morgan fingerprint density at radius 2 is 1.80 bits per heavy atom. The Balaban J connectivity index is 1.72. The van der Waals surface area contributed by atoms with Crippen molar-refractivity contribution in [2.75, 3.05) is 6.61 Å². The number of hydroxylamine groups is 1. The number of Topliss-reactive ketones (excluding diaryl/α,β-unsaturated/α-hetero) is 1. The van der Waals surface area contributed by atoms with Crippen LogP contribution in [0.15, 0.2) is 48.8 Å². The fraction of sp³-hybridized carbons (Fsp3) is 0.622. The lowest BCUT2D eigenvalue weighted by molar-refractivity contribution is -0.202. The number of ketones is 1. The molecule has 1 saturated carbocycles. The summed E-state index contributed by atoms with van der Waals surface area (Å²) in [5.41, 5.74) is 6.11. The van der Waals surface area contributed by atoms with Gasteiger partial charge in [-0.05, 0) is 74.1 Å². The van der Waals surface area contributed by atoms with Crippen LogP contribution >= 0.6 is 0 Å². The van der Waals surface area contributed by atoms with Crippen LogP contribution in [-0.2, 0) is 30.4 Å². The summed E-state index contributed by atoms with van der Waals surface area (Å²) in [5, 5.41) is 0. The summed E-state index contributed by atoms with van der Waals surface area (Å²) in [6, 6.07) is 11.7. The summed E-state index contributed by atoms with van der Waals surface area (Å²) in [6.45, 7) is 4.47. The minimum absolute atomic E-state index is 0.269. The molecular weight excluding hydrogens is 580 g/mol. The monoisotopic (exact) mass is 634 g/mol. The van der Waals surface area contributed by atoms with Gasteiger partial charge in [-0.25, -0.2) is 16.2 Å². The number of nitrogens with two attached hydrogens (primary N) is 1. The normalized spacial score (nSPS) is 19.8. The van der Waals surface area contributed by atoms with Crippen LogP contribution in [0.2, 0.25) is 0 Å². The molecule has 2 unspecified atom stereocenters. The molecule has 4 rings (SSSR count). The molecule has 1 aliphatic heterocycles. The van der Waals surface area contributed by atoms with Gasteiger partial charge in [0.25, 0.3) is 0 Å². The van der Waals surface area contributed by atoms with E-state index in [1.54, 1.807) is 12.4 Å². The quantitative estimate of drug-likeness (QED) is 0.0795. The lowest BCUT2D eigenvalue weighted by Gasteiger charge is -2.37. The van der Waals surface area contributed by atoms with Crippen molar-refractivity contribution >= 4 is 17.6 Å². The number of rotatable bonds is 17. The molecule has 2 aliphatic rings. The number of amides is 2. The molecule has 9 nitrogen and oxygen atoms in total. The first-order valence-corrected chi connectivity index (χ1v) is 17.5. The van der Waals surface area contributed by atoms with Crippen molar-refractivity contribution < 1.29 is 24.0 Å². The third kappa shape index (κ3) is 9.46. The largest absolute Gasteiger partial charge is 0.350 e. The number of aryl methyl sites for hydroxylation is 2. The summed E-state index contributed by atoms with van der Waals surface area (Å²) in [7, 11) is 0. The van der Waals surface area contributed by atoms with E-state index >= 15 is 4.79 Å². The van der Waals surface area contributed by atoms with E-state index in [4.69, 9.17) is 15.4 Å². The van der Waals surface area contributed by atoms with Crippen LogP contribution < -0.4 is 16.7 Å². The molecule has 9 heteroatoms. The molecule has 2 heterocycles. The molecule has 1 aromatic carbocycles. The maximum atomic E-state index is 15.3. The average molecular weight is 635 g/mol. The zero-order chi connectivity index (χ0) is 32.8. The van der Waals surface area contributed by atoms with Gasteiger partial charge >= 0.3 is 0 Å². The van der Waals surface area contributed by atoms with Gasteiger partial charge in [-0.1, -0.05) is 88.6 Å². The van der Waals surface area contributed by atoms with Gasteiger partial charge in [0.2, 0.25) is 11.8 Å². The van der Waals surface area contributed by atoms with Crippen molar-refractivity contribution in [3.8, 4) is 0 Å². The van der Waals surface area contributed by atoms with E-state index in [0.717, 1.165) is 36.8 Å². The number of hydrazine groups is 1. The predicted octanol–water partition coefficient (Wildman–Crippen LogP) is 6.39. The number of pyridine rings is 1. The summed E-state index contributed by atoms with van der Waals surface area (Å²) >= 11 is 0. The fourth-order valence-corrected chi connectivity index (χ4v) is 7.47. The Bertz CT molecular complexity index is 1250. The van der Waals surface area contributed by atoms with E-state index in [0.29, 0.717) is 50.2 Å². The molecule has 0 spiro atoms. The van der Waals surface area contributed by atoms with Crippen molar-refractivity contribution in [2.24, 2.45) is 23.1 Å². The van der Waals surface area contributed by atoms with Crippen LogP contribution in [0.5, 0.6) is 0 Å². The molecule has 46 heavy (non-hydrogen) atoms. The molecule has 1 saturated heterocycles. The molecule has 252 valence electrons. The number of hydrogen-bond acceptors (Lipinski definition) is 7. The van der Waals surface area contributed by atoms with Gasteiger partial charge in [-0.2, -0.15) is 0 Å². The van der Waals surface area contributed by atoms with Gasteiger partial charge in [0.05, 0.1) is 11.8 Å². The Morgan fingerprint density at radius 1 is 1.04 bits per heavy atom. The number of carbonyl (C=O) groups is 3. The lowest BCUT2D eigenvalue weighted by Crippen LogP contribution is -2.53. The van der Waals surface area contributed by atoms with Gasteiger partial charge in [0.15, 0.2) is 12.1 Å². The highest BCUT2D eigenvalue weighted by Gasteiger charge is 2.50. The zero-order valence-electron chi connectivity index (χ0n) is 27.8. The highest BCUT2D eigenvalue weighted by Crippen LogP contribution is 2.43. The maximum absolute atomic E-state index is 15.3. The first-order valence-electron chi connectivity index (χ1n) is 17.5. The van der Waals surface area contributed by atoms with Gasteiger partial charge in [0.1, 0.15) is 5.41 Å². The Kier molecular flexibility index (Phi) is 14.2. The average Bonchev–Trinajstić information content (AvgIpc) is 3.10. The molecule has 2 fully saturated rings. The third-order valence-electron chi connectivity index (χ3n) is 10.1. The molecule has 4 atom stereocenters. The van der Waals surface area contributed by atoms with Crippen LogP contribution in [0, 0.1) is 24.2 Å². The predicted molar refractivity (Wildman–Crippen MR) is 178 cm³/mol. The minimum atomic E-state index is -1.44. The second-order valence-electron chi connectivity index (χ2n) is 13.3. The van der Waals surface area contributed by atoms with Crippen molar-refractivity contribution in [1.29, 1.82) is 0 Å². The third-order valence-corrected chi connectivity index (χ3v) is 10.1. The topological polar surface area (TPSA) is 133 Å². The SMILES string of the molecule is CCCC(CCc1ccccc1)(C(=O)NN)C(=O)[C@@H](c1cnccc1C)[C@H](CCCC1CCCCC1)C(=O)NOC1CCCCO1. The summed E-state index contributed by atoms with van der Waals surface area (Å²) in [5.74, 6) is 3.56. The number of aromatic nitrogens is 1. The maximum Gasteiger partial charge on any atom is 0.247 e. The molecule has 0 radical (unpaired) electrons. The highest BCUT2D eigenvalue weighted by molar-refractivity contribution is 6.10. The fourth-order valence-electron chi connectivity index (χ4n) is 7.47. The van der Waals surface area contributed by atoms with E-state index in [9.17, 15) is 9.59 Å². The number of nitrogens with one attached hydrogen (secondary N) is 2. The van der Waals surface area contributed by atoms with Gasteiger partial charge in [0, 0.05) is 25.4 Å². The van der Waals surface area contributed by atoms with Gasteiger partial charge in [-0.15, -0.1) is 0 Å². The van der Waals surface area contributed by atoms with Crippen LogP contribution in [0.4, 0.5) is 0 Å². The van der Waals surface area contributed by atoms with Crippen molar-refractivity contribution in [2.45, 2.75) is 122 Å². The first kappa shape index (κ1) is 35.7. The molecule has 0 bridgehead atoms. The molecule has 2 amide bonds. The number of nitrogens with zero attached hydrogens (tertiary/aromatic N) is 1. The van der Waals surface area contributed by atoms with Crippen LogP contribution in [0.1, 0.15) is 119 Å². The van der Waals surface area contributed by atoms with Crippen LogP contribution in [0.25, 0.3) is 0 Å². The molecule has 2 aromatic rings. The Hall–Kier alpha value is -3.14. The first-order chi connectivity index (χ1) is 22.4. The Morgan fingerprint density at radius 3 is 2.48 bits per heavy atom. The molecular formula is C37H54N4O5. The van der Waals surface area contributed by atoms with Crippen LogP contribution in [0.3, 0.4) is 0 Å². The molecule has 4 N–H and O–H groups in total. The second-order valence-corrected chi connectivity index (χ2v) is 13.3. The van der Waals surface area contributed by atoms with E-state index < -0.39 is 29.4 Å². The summed E-state index contributed by atoms with van der Waals surface area (Å²) in [4.78, 5) is 53.5. The molecule has 1 aliphatic carbocycles. The van der Waals surface area contributed by atoms with Crippen molar-refractivity contribution in [3.05, 3.63) is 65.5 Å². The highest BCUT2D eigenvalue weighted by atomic mass is 16.8. The van der Waals surface area contributed by atoms with Crippen molar-refractivity contribution in [1.82, 2.24) is 15.9 Å². The zero-order valence-corrected chi connectivity index (χ0v) is 27.8. The van der Waals surface area contributed by atoms with E-state index in [1.165, 1.54) is 32.1 Å². The van der Waals surface area contributed by atoms with Crippen LogP contribution in [-0.4, -0.2) is 35.5 Å². The number of hydrogen-bond donors (Lipinski definition) is 3. The minimum Gasteiger partial charge on any atom is -0.350 e. The number of ether oxygens (including phenoxy) is 1. The number of benzene rings is 1. The van der Waals surface area contributed by atoms with E-state index in [2.05, 4.69) is 15.9 Å². The van der Waals surface area contributed by atoms with E-state index in [-0.39, 0.29) is 18.1 Å². The van der Waals surface area contributed by atoms with Gasteiger partial charge in [-0.3, -0.25) is 24.8 Å². The standard InChI is InChI=1S/C37H54N4O5/c1-3-22-37(36(44)40-38,23-20-29-15-8-5-9-16-29)34(42)33(31-26-39-24-21-27(31)2)30(18-12-17-28-13-6-4-7-14-28)35(43)41-46-32-19-10-11-25-45-32/h5,8-9,15-16,21,24,26,28,30,32-33H,3-4,6-7,10-14,17-20,22-23,25,38H2,1-2H3,(H,40,44)(H,41,43)/t30-,32?,33+,37?/m0/s1. The van der Waals surface area contributed by atoms with Gasteiger partial charge < -0.3 is 4.74 Å². The summed E-state index contributed by atoms with van der Waals surface area (Å²) in [6.07, 6.45) is 15.6. The number of carbonyl (C=O) groups excluding carboxylic acids is 3. The summed E-state index contributed by atoms with van der Waals surface area (Å²) < 4.78 is 5.71. The second kappa shape index (κ2) is 18.3. The molecule has 1 aromatic heterocycles. The lowest BCUT2D eigenvalue weighted by atomic mass is 9.65. The van der Waals surface area contributed by atoms with Crippen molar-refractivity contribution in [3.63, 3.8) is 0 Å². The van der Waals surface area contributed by atoms with E-state index in [1.807, 2.05) is 50.2 Å². The Labute approximate surface area is 274 Å². The smallest absolute Gasteiger partial charge is 0.247 e.